The molecule has 0 aliphatic heterocycles. The van der Waals surface area contributed by atoms with Crippen LogP contribution in [0.4, 0.5) is 0 Å². The van der Waals surface area contributed by atoms with Gasteiger partial charge in [-0.3, -0.25) is 0 Å². The highest BCUT2D eigenvalue weighted by Gasteiger charge is 2.20. The summed E-state index contributed by atoms with van der Waals surface area (Å²) < 4.78 is 28.7. The van der Waals surface area contributed by atoms with Crippen molar-refractivity contribution < 1.29 is 8.42 Å². The third kappa shape index (κ3) is 5.72. The minimum atomic E-state index is -3.40. The smallest absolute Gasteiger partial charge is 0.208 e. The Morgan fingerprint density at radius 3 is 1.86 bits per heavy atom. The van der Waals surface area contributed by atoms with Gasteiger partial charge in [-0.25, -0.2) is 13.1 Å². The van der Waals surface area contributed by atoms with E-state index in [2.05, 4.69) is 20.7 Å². The van der Waals surface area contributed by atoms with Crippen LogP contribution in [0.1, 0.15) is 57.8 Å². The van der Waals surface area contributed by atoms with Crippen LogP contribution in [0, 0.1) is 0 Å². The van der Waals surface area contributed by atoms with Crippen molar-refractivity contribution in [3.63, 3.8) is 0 Å². The molecule has 1 aromatic carbocycles. The summed E-state index contributed by atoms with van der Waals surface area (Å²) in [4.78, 5) is 0.350. The summed E-state index contributed by atoms with van der Waals surface area (Å²) in [5.41, 5.74) is 0. The third-order valence-corrected chi connectivity index (χ3v) is 6.12. The Kier molecular flexibility index (Phi) is 6.71. The quantitative estimate of drug-likeness (QED) is 0.839. The zero-order valence-electron chi connectivity index (χ0n) is 12.4. The third-order valence-electron chi connectivity index (χ3n) is 4.05. The highest BCUT2D eigenvalue weighted by molar-refractivity contribution is 9.10. The van der Waals surface area contributed by atoms with Gasteiger partial charge in [0, 0.05) is 10.5 Å². The van der Waals surface area contributed by atoms with Crippen LogP contribution >= 0.6 is 15.9 Å². The van der Waals surface area contributed by atoms with E-state index in [0.717, 1.165) is 30.2 Å². The van der Waals surface area contributed by atoms with Gasteiger partial charge >= 0.3 is 0 Å². The van der Waals surface area contributed by atoms with Crippen LogP contribution in [0.15, 0.2) is 33.6 Å². The number of benzene rings is 1. The molecule has 0 heterocycles. The molecule has 1 aliphatic rings. The van der Waals surface area contributed by atoms with Gasteiger partial charge in [-0.05, 0) is 37.1 Å². The molecule has 0 aromatic heterocycles. The van der Waals surface area contributed by atoms with Crippen LogP contribution in [-0.2, 0) is 10.0 Å². The lowest BCUT2D eigenvalue weighted by Gasteiger charge is -2.20. The van der Waals surface area contributed by atoms with Gasteiger partial charge in [0.2, 0.25) is 10.0 Å². The summed E-state index contributed by atoms with van der Waals surface area (Å²) in [6, 6.07) is 6.90. The van der Waals surface area contributed by atoms with E-state index < -0.39 is 10.0 Å². The van der Waals surface area contributed by atoms with Gasteiger partial charge in [0.15, 0.2) is 0 Å². The number of nitrogens with one attached hydrogen (secondary N) is 1. The van der Waals surface area contributed by atoms with Crippen molar-refractivity contribution in [1.29, 1.82) is 0 Å². The van der Waals surface area contributed by atoms with Crippen molar-refractivity contribution in [2.75, 3.05) is 0 Å². The zero-order valence-corrected chi connectivity index (χ0v) is 14.8. The summed E-state index contributed by atoms with van der Waals surface area (Å²) in [7, 11) is -3.40. The standard InChI is InChI=1S/C16H24BrNO2S/c17-14-10-12-16(13-11-14)21(19,20)18-15-8-6-4-2-1-3-5-7-9-15/h10-13,15,18H,1-9H2. The van der Waals surface area contributed by atoms with Crippen molar-refractivity contribution in [1.82, 2.24) is 4.72 Å². The summed E-state index contributed by atoms with van der Waals surface area (Å²) in [5, 5.41) is 0. The van der Waals surface area contributed by atoms with Gasteiger partial charge < -0.3 is 0 Å². The molecule has 1 aromatic rings. The monoisotopic (exact) mass is 373 g/mol. The Balaban J connectivity index is 2.00. The molecule has 0 saturated heterocycles. The Morgan fingerprint density at radius 2 is 1.33 bits per heavy atom. The maximum absolute atomic E-state index is 12.4. The van der Waals surface area contributed by atoms with Crippen molar-refractivity contribution in [2.45, 2.75) is 68.7 Å². The minimum absolute atomic E-state index is 0.0803. The van der Waals surface area contributed by atoms with E-state index in [-0.39, 0.29) is 6.04 Å². The lowest BCUT2D eigenvalue weighted by molar-refractivity contribution is 0.435. The summed E-state index contributed by atoms with van der Waals surface area (Å²) in [6.45, 7) is 0. The molecule has 0 bridgehead atoms. The fourth-order valence-electron chi connectivity index (χ4n) is 2.83. The average molecular weight is 374 g/mol. The molecule has 1 saturated carbocycles. The topological polar surface area (TPSA) is 46.2 Å². The molecule has 118 valence electrons. The van der Waals surface area contributed by atoms with E-state index in [9.17, 15) is 8.42 Å². The van der Waals surface area contributed by atoms with E-state index >= 15 is 0 Å². The van der Waals surface area contributed by atoms with E-state index in [0.29, 0.717) is 4.90 Å². The Labute approximate surface area is 136 Å². The molecule has 1 N–H and O–H groups in total. The minimum Gasteiger partial charge on any atom is -0.208 e. The molecule has 0 amide bonds. The van der Waals surface area contributed by atoms with Gasteiger partial charge in [-0.2, -0.15) is 0 Å². The molecule has 0 spiro atoms. The van der Waals surface area contributed by atoms with Gasteiger partial charge in [0.1, 0.15) is 0 Å². The molecule has 21 heavy (non-hydrogen) atoms. The van der Waals surface area contributed by atoms with E-state index in [1.54, 1.807) is 24.3 Å². The molecular formula is C16H24BrNO2S. The molecule has 3 nitrogen and oxygen atoms in total. The predicted molar refractivity (Wildman–Crippen MR) is 89.8 cm³/mol. The molecule has 0 atom stereocenters. The Hall–Kier alpha value is -0.390. The first-order chi connectivity index (χ1) is 10.1. The lowest BCUT2D eigenvalue weighted by Crippen LogP contribution is -2.35. The Bertz CT molecular complexity index is 518. The lowest BCUT2D eigenvalue weighted by atomic mass is 9.98. The van der Waals surface area contributed by atoms with Gasteiger partial charge in [0.05, 0.1) is 4.90 Å². The van der Waals surface area contributed by atoms with Crippen molar-refractivity contribution in [3.8, 4) is 0 Å². The van der Waals surface area contributed by atoms with E-state index in [1.807, 2.05) is 0 Å². The maximum Gasteiger partial charge on any atom is 0.240 e. The second-order valence-electron chi connectivity index (χ2n) is 5.82. The normalized spacial score (nSPS) is 19.3. The number of rotatable bonds is 3. The maximum atomic E-state index is 12.4. The molecular weight excluding hydrogens is 350 g/mol. The largest absolute Gasteiger partial charge is 0.240 e. The SMILES string of the molecule is O=S(=O)(NC1CCCCCCCCC1)c1ccc(Br)cc1. The summed E-state index contributed by atoms with van der Waals surface area (Å²) >= 11 is 3.33. The van der Waals surface area contributed by atoms with Crippen molar-refractivity contribution >= 4 is 26.0 Å². The van der Waals surface area contributed by atoms with Crippen molar-refractivity contribution in [2.24, 2.45) is 0 Å². The zero-order chi connectivity index (χ0) is 15.1. The molecule has 0 radical (unpaired) electrons. The van der Waals surface area contributed by atoms with E-state index in [1.165, 1.54) is 32.1 Å². The van der Waals surface area contributed by atoms with Crippen LogP contribution in [0.25, 0.3) is 0 Å². The van der Waals surface area contributed by atoms with Gasteiger partial charge in [0.25, 0.3) is 0 Å². The van der Waals surface area contributed by atoms with E-state index in [4.69, 9.17) is 0 Å². The van der Waals surface area contributed by atoms with Crippen LogP contribution in [-0.4, -0.2) is 14.5 Å². The summed E-state index contributed by atoms with van der Waals surface area (Å²) in [5.74, 6) is 0. The Morgan fingerprint density at radius 1 is 0.857 bits per heavy atom. The van der Waals surface area contributed by atoms with Crippen LogP contribution in [0.3, 0.4) is 0 Å². The fraction of sp³-hybridized carbons (Fsp3) is 0.625. The highest BCUT2D eigenvalue weighted by Crippen LogP contribution is 2.20. The number of halogens is 1. The number of hydrogen-bond donors (Lipinski definition) is 1. The van der Waals surface area contributed by atoms with Gasteiger partial charge in [-0.15, -0.1) is 0 Å². The van der Waals surface area contributed by atoms with Crippen LogP contribution < -0.4 is 4.72 Å². The fourth-order valence-corrected chi connectivity index (χ4v) is 4.40. The second kappa shape index (κ2) is 8.30. The molecule has 2 rings (SSSR count). The average Bonchev–Trinajstić information content (AvgIpc) is 2.46. The van der Waals surface area contributed by atoms with Crippen molar-refractivity contribution in [3.05, 3.63) is 28.7 Å². The molecule has 0 unspecified atom stereocenters. The van der Waals surface area contributed by atoms with Crippen LogP contribution in [0.2, 0.25) is 0 Å². The molecule has 1 aliphatic carbocycles. The molecule has 5 heteroatoms. The predicted octanol–water partition coefficient (Wildman–Crippen LogP) is 4.62. The summed E-state index contributed by atoms with van der Waals surface area (Å²) in [6.07, 6.45) is 10.5. The first-order valence-corrected chi connectivity index (χ1v) is 10.1. The number of hydrogen-bond acceptors (Lipinski definition) is 2. The van der Waals surface area contributed by atoms with Crippen LogP contribution in [0.5, 0.6) is 0 Å². The van der Waals surface area contributed by atoms with Gasteiger partial charge in [-0.1, -0.05) is 60.9 Å². The second-order valence-corrected chi connectivity index (χ2v) is 8.45. The number of sulfonamides is 1. The highest BCUT2D eigenvalue weighted by atomic mass is 79.9. The first kappa shape index (κ1) is 17.0. The first-order valence-electron chi connectivity index (χ1n) is 7.86. The molecule has 1 fully saturated rings.